The summed E-state index contributed by atoms with van der Waals surface area (Å²) in [7, 11) is 0. The van der Waals surface area contributed by atoms with E-state index in [1.54, 1.807) is 0 Å². The second-order valence-corrected chi connectivity index (χ2v) is 6.50. The number of unbranched alkanes of at least 4 members (excludes halogenated alkanes) is 4. The fraction of sp³-hybridized carbons (Fsp3) is 1.00. The number of hydrogen-bond donors (Lipinski definition) is 1. The first-order valence-electron chi connectivity index (χ1n) is 8.11. The average Bonchev–Trinajstić information content (AvgIpc) is 2.31. The van der Waals surface area contributed by atoms with E-state index in [1.807, 2.05) is 0 Å². The van der Waals surface area contributed by atoms with Gasteiger partial charge in [-0.25, -0.2) is 0 Å². The Bertz CT molecular complexity index is 203. The molecular weight excluding hydrogens is 220 g/mol. The number of piperazine rings is 1. The molecule has 1 aliphatic rings. The topological polar surface area (TPSA) is 15.3 Å². The number of rotatable bonds is 8. The molecule has 0 saturated carbocycles. The summed E-state index contributed by atoms with van der Waals surface area (Å²) in [5.74, 6) is 0.813. The average molecular weight is 254 g/mol. The van der Waals surface area contributed by atoms with Crippen LogP contribution in [0.3, 0.4) is 0 Å². The summed E-state index contributed by atoms with van der Waals surface area (Å²) in [6.45, 7) is 13.0. The van der Waals surface area contributed by atoms with Crippen molar-refractivity contribution in [1.29, 1.82) is 0 Å². The van der Waals surface area contributed by atoms with Gasteiger partial charge in [0.15, 0.2) is 0 Å². The Labute approximate surface area is 115 Å². The molecular formula is C16H34N2. The highest BCUT2D eigenvalue weighted by atomic mass is 15.2. The number of nitrogens with one attached hydrogen (secondary N) is 1. The fourth-order valence-corrected chi connectivity index (χ4v) is 3.00. The van der Waals surface area contributed by atoms with Crippen LogP contribution >= 0.6 is 0 Å². The van der Waals surface area contributed by atoms with Crippen molar-refractivity contribution in [2.75, 3.05) is 19.6 Å². The van der Waals surface area contributed by atoms with Crippen molar-refractivity contribution in [2.24, 2.45) is 5.92 Å². The fourth-order valence-electron chi connectivity index (χ4n) is 3.00. The monoisotopic (exact) mass is 254 g/mol. The lowest BCUT2D eigenvalue weighted by Gasteiger charge is -2.40. The minimum atomic E-state index is 0.670. The maximum Gasteiger partial charge on any atom is 0.0223 e. The molecule has 0 bridgehead atoms. The van der Waals surface area contributed by atoms with Crippen LogP contribution in [0.2, 0.25) is 0 Å². The van der Waals surface area contributed by atoms with Gasteiger partial charge in [-0.1, -0.05) is 46.5 Å². The smallest absolute Gasteiger partial charge is 0.0223 e. The Morgan fingerprint density at radius 1 is 1.17 bits per heavy atom. The summed E-state index contributed by atoms with van der Waals surface area (Å²) in [5.41, 5.74) is 0. The van der Waals surface area contributed by atoms with E-state index in [1.165, 1.54) is 58.2 Å². The lowest BCUT2D eigenvalue weighted by molar-refractivity contribution is 0.116. The van der Waals surface area contributed by atoms with E-state index >= 15 is 0 Å². The Morgan fingerprint density at radius 3 is 2.56 bits per heavy atom. The molecule has 1 aliphatic heterocycles. The molecule has 0 aromatic heterocycles. The van der Waals surface area contributed by atoms with Gasteiger partial charge >= 0.3 is 0 Å². The molecule has 0 aromatic carbocycles. The van der Waals surface area contributed by atoms with Gasteiger partial charge in [-0.3, -0.25) is 4.90 Å². The lowest BCUT2D eigenvalue weighted by Crippen LogP contribution is -2.55. The Hall–Kier alpha value is -0.0800. The summed E-state index contributed by atoms with van der Waals surface area (Å²) < 4.78 is 0. The predicted octanol–water partition coefficient (Wildman–Crippen LogP) is 3.67. The highest BCUT2D eigenvalue weighted by molar-refractivity contribution is 4.84. The van der Waals surface area contributed by atoms with Gasteiger partial charge in [0.25, 0.3) is 0 Å². The Morgan fingerprint density at radius 2 is 1.89 bits per heavy atom. The van der Waals surface area contributed by atoms with Crippen LogP contribution < -0.4 is 5.32 Å². The van der Waals surface area contributed by atoms with Crippen molar-refractivity contribution in [3.8, 4) is 0 Å². The van der Waals surface area contributed by atoms with E-state index in [0.29, 0.717) is 6.04 Å². The zero-order valence-electron chi connectivity index (χ0n) is 13.0. The summed E-state index contributed by atoms with van der Waals surface area (Å²) in [6.07, 6.45) is 8.33. The maximum atomic E-state index is 3.64. The minimum Gasteiger partial charge on any atom is -0.311 e. The van der Waals surface area contributed by atoms with E-state index in [2.05, 4.69) is 37.9 Å². The summed E-state index contributed by atoms with van der Waals surface area (Å²) in [4.78, 5) is 2.74. The van der Waals surface area contributed by atoms with Gasteiger partial charge < -0.3 is 5.32 Å². The van der Waals surface area contributed by atoms with Gasteiger partial charge in [0.2, 0.25) is 0 Å². The Kier molecular flexibility index (Phi) is 7.92. The molecule has 1 N–H and O–H groups in total. The van der Waals surface area contributed by atoms with Crippen LogP contribution in [0.5, 0.6) is 0 Å². The number of hydrogen-bond acceptors (Lipinski definition) is 2. The second kappa shape index (κ2) is 8.92. The zero-order chi connectivity index (χ0) is 13.4. The van der Waals surface area contributed by atoms with Gasteiger partial charge in [-0.05, 0) is 32.2 Å². The van der Waals surface area contributed by atoms with Crippen molar-refractivity contribution < 1.29 is 0 Å². The van der Waals surface area contributed by atoms with E-state index in [-0.39, 0.29) is 0 Å². The summed E-state index contributed by atoms with van der Waals surface area (Å²) in [5, 5.41) is 3.64. The lowest BCUT2D eigenvalue weighted by atomic mass is 9.99. The van der Waals surface area contributed by atoms with Crippen molar-refractivity contribution >= 4 is 0 Å². The molecule has 1 fully saturated rings. The van der Waals surface area contributed by atoms with Gasteiger partial charge in [-0.2, -0.15) is 0 Å². The normalized spacial score (nSPS) is 25.8. The van der Waals surface area contributed by atoms with Crippen LogP contribution in [0.1, 0.15) is 66.2 Å². The van der Waals surface area contributed by atoms with Gasteiger partial charge in [0, 0.05) is 25.2 Å². The van der Waals surface area contributed by atoms with Crippen molar-refractivity contribution in [1.82, 2.24) is 10.2 Å². The van der Waals surface area contributed by atoms with Crippen molar-refractivity contribution in [3.05, 3.63) is 0 Å². The molecule has 2 unspecified atom stereocenters. The quantitative estimate of drug-likeness (QED) is 0.665. The van der Waals surface area contributed by atoms with Crippen LogP contribution in [-0.2, 0) is 0 Å². The second-order valence-electron chi connectivity index (χ2n) is 6.50. The van der Waals surface area contributed by atoms with E-state index < -0.39 is 0 Å². The van der Waals surface area contributed by atoms with Gasteiger partial charge in [0.05, 0.1) is 0 Å². The summed E-state index contributed by atoms with van der Waals surface area (Å²) in [6, 6.07) is 1.44. The highest BCUT2D eigenvalue weighted by Crippen LogP contribution is 2.16. The van der Waals surface area contributed by atoms with Gasteiger partial charge in [-0.15, -0.1) is 0 Å². The molecule has 2 heteroatoms. The molecule has 0 amide bonds. The third kappa shape index (κ3) is 6.19. The first-order chi connectivity index (χ1) is 8.63. The van der Waals surface area contributed by atoms with Crippen molar-refractivity contribution in [3.63, 3.8) is 0 Å². The molecule has 0 aromatic rings. The molecule has 1 rings (SSSR count). The zero-order valence-corrected chi connectivity index (χ0v) is 13.0. The molecule has 1 heterocycles. The van der Waals surface area contributed by atoms with Crippen LogP contribution in [0.25, 0.3) is 0 Å². The van der Waals surface area contributed by atoms with Crippen LogP contribution in [0.15, 0.2) is 0 Å². The predicted molar refractivity (Wildman–Crippen MR) is 81.0 cm³/mol. The third-order valence-corrected chi connectivity index (χ3v) is 4.02. The molecule has 108 valence electrons. The molecule has 0 spiro atoms. The first kappa shape index (κ1) is 16.0. The van der Waals surface area contributed by atoms with Crippen LogP contribution in [-0.4, -0.2) is 36.6 Å². The number of nitrogens with zero attached hydrogens (tertiary/aromatic N) is 1. The van der Waals surface area contributed by atoms with Crippen LogP contribution in [0, 0.1) is 5.92 Å². The van der Waals surface area contributed by atoms with Crippen LogP contribution in [0.4, 0.5) is 0 Å². The first-order valence-corrected chi connectivity index (χ1v) is 8.11. The molecule has 2 nitrogen and oxygen atoms in total. The van der Waals surface area contributed by atoms with Crippen molar-refractivity contribution in [2.45, 2.75) is 78.3 Å². The molecule has 1 saturated heterocycles. The van der Waals surface area contributed by atoms with E-state index in [0.717, 1.165) is 12.0 Å². The molecule has 0 radical (unpaired) electrons. The standard InChI is InChI=1S/C16H34N2/c1-5-6-7-8-9-10-18-13-15(4)17-12-16(18)11-14(2)3/h14-17H,5-13H2,1-4H3. The maximum absolute atomic E-state index is 3.64. The third-order valence-electron chi connectivity index (χ3n) is 4.02. The SMILES string of the molecule is CCCCCCCN1CC(C)NCC1CC(C)C. The van der Waals surface area contributed by atoms with E-state index in [4.69, 9.17) is 0 Å². The molecule has 0 aliphatic carbocycles. The van der Waals surface area contributed by atoms with Gasteiger partial charge in [0.1, 0.15) is 0 Å². The Balaban J connectivity index is 2.27. The van der Waals surface area contributed by atoms with E-state index in [9.17, 15) is 0 Å². The molecule has 18 heavy (non-hydrogen) atoms. The highest BCUT2D eigenvalue weighted by Gasteiger charge is 2.25. The minimum absolute atomic E-state index is 0.670. The molecule has 2 atom stereocenters. The summed E-state index contributed by atoms with van der Waals surface area (Å²) >= 11 is 0. The largest absolute Gasteiger partial charge is 0.311 e.